The highest BCUT2D eigenvalue weighted by molar-refractivity contribution is 9.10. The van der Waals surface area contributed by atoms with Gasteiger partial charge in [-0.25, -0.2) is 9.97 Å². The molecule has 1 aliphatic rings. The summed E-state index contributed by atoms with van der Waals surface area (Å²) in [5, 5.41) is 3.09. The fraction of sp³-hybridized carbons (Fsp3) is 0.300. The Kier molecular flexibility index (Phi) is 5.48. The van der Waals surface area contributed by atoms with Crippen molar-refractivity contribution in [3.63, 3.8) is 0 Å². The van der Waals surface area contributed by atoms with Gasteiger partial charge in [0, 0.05) is 22.9 Å². The van der Waals surface area contributed by atoms with Gasteiger partial charge in [-0.05, 0) is 49.9 Å². The van der Waals surface area contributed by atoms with Crippen LogP contribution in [0.2, 0.25) is 0 Å². The van der Waals surface area contributed by atoms with E-state index in [1.165, 1.54) is 0 Å². The second-order valence-corrected chi connectivity index (χ2v) is 7.92. The van der Waals surface area contributed by atoms with Crippen LogP contribution in [0.1, 0.15) is 46.5 Å². The van der Waals surface area contributed by atoms with Crippen LogP contribution >= 0.6 is 15.9 Å². The van der Waals surface area contributed by atoms with E-state index in [2.05, 4.69) is 31.2 Å². The predicted octanol–water partition coefficient (Wildman–Crippen LogP) is 2.71. The smallest absolute Gasteiger partial charge is 0.270 e. The van der Waals surface area contributed by atoms with Crippen LogP contribution in [0, 0.1) is 0 Å². The fourth-order valence-corrected chi connectivity index (χ4v) is 3.86. The van der Waals surface area contributed by atoms with Gasteiger partial charge in [-0.2, -0.15) is 0 Å². The van der Waals surface area contributed by atoms with E-state index in [0.29, 0.717) is 11.3 Å². The number of hydrogen-bond acceptors (Lipinski definition) is 5. The number of aromatic nitrogens is 3. The first-order chi connectivity index (χ1) is 14.0. The Balaban J connectivity index is 1.35. The maximum absolute atomic E-state index is 12.7. The number of rotatable bonds is 5. The minimum Gasteiger partial charge on any atom is -0.474 e. The monoisotopic (exact) mass is 457 g/mol. The molecule has 1 saturated carbocycles. The lowest BCUT2D eigenvalue weighted by atomic mass is 9.93. The van der Waals surface area contributed by atoms with E-state index >= 15 is 0 Å². The quantitative estimate of drug-likeness (QED) is 0.611. The maximum Gasteiger partial charge on any atom is 0.270 e. The molecule has 3 heterocycles. The summed E-state index contributed by atoms with van der Waals surface area (Å²) in [5.74, 6) is -0.441. The number of pyridine rings is 2. The first kappa shape index (κ1) is 19.4. The fourth-order valence-electron chi connectivity index (χ4n) is 3.54. The van der Waals surface area contributed by atoms with Gasteiger partial charge in [-0.3, -0.25) is 14.0 Å². The van der Waals surface area contributed by atoms with E-state index in [1.54, 1.807) is 28.9 Å². The first-order valence-electron chi connectivity index (χ1n) is 9.36. The van der Waals surface area contributed by atoms with Crippen molar-refractivity contribution >= 4 is 33.4 Å². The summed E-state index contributed by atoms with van der Waals surface area (Å²) in [6.07, 6.45) is 7.95. The number of nitrogens with one attached hydrogen (secondary N) is 1. The minimum atomic E-state index is -0.561. The van der Waals surface area contributed by atoms with Gasteiger partial charge in [-0.15, -0.1) is 0 Å². The van der Waals surface area contributed by atoms with Crippen molar-refractivity contribution in [2.24, 2.45) is 5.73 Å². The molecule has 0 radical (unpaired) electrons. The molecule has 3 aromatic rings. The van der Waals surface area contributed by atoms with Gasteiger partial charge >= 0.3 is 0 Å². The molecule has 0 aromatic carbocycles. The van der Waals surface area contributed by atoms with E-state index in [0.717, 1.165) is 30.2 Å². The van der Waals surface area contributed by atoms with E-state index < -0.39 is 5.91 Å². The molecule has 150 valence electrons. The van der Waals surface area contributed by atoms with Crippen molar-refractivity contribution in [1.82, 2.24) is 19.7 Å². The van der Waals surface area contributed by atoms with Crippen molar-refractivity contribution in [1.29, 1.82) is 0 Å². The Morgan fingerprint density at radius 1 is 1.21 bits per heavy atom. The van der Waals surface area contributed by atoms with Crippen molar-refractivity contribution in [2.75, 3.05) is 0 Å². The minimum absolute atomic E-state index is 0.0580. The van der Waals surface area contributed by atoms with Crippen LogP contribution in [0.5, 0.6) is 5.88 Å². The number of hydrogen-bond donors (Lipinski definition) is 2. The number of imidazole rings is 1. The second kappa shape index (κ2) is 8.20. The molecule has 0 aliphatic heterocycles. The molecule has 3 N–H and O–H groups in total. The Morgan fingerprint density at radius 3 is 2.76 bits per heavy atom. The van der Waals surface area contributed by atoms with Crippen LogP contribution in [-0.4, -0.2) is 38.3 Å². The highest BCUT2D eigenvalue weighted by atomic mass is 79.9. The number of ether oxygens (including phenoxy) is 1. The number of primary amides is 1. The van der Waals surface area contributed by atoms with Gasteiger partial charge in [0.05, 0.1) is 6.20 Å². The Hall–Kier alpha value is -2.94. The average molecular weight is 458 g/mol. The van der Waals surface area contributed by atoms with Gasteiger partial charge in [0.25, 0.3) is 11.8 Å². The molecule has 0 bridgehead atoms. The average Bonchev–Trinajstić information content (AvgIpc) is 3.13. The van der Waals surface area contributed by atoms with Crippen LogP contribution in [-0.2, 0) is 0 Å². The maximum atomic E-state index is 12.7. The van der Waals surface area contributed by atoms with Crippen LogP contribution in [0.25, 0.3) is 5.65 Å². The third kappa shape index (κ3) is 4.24. The number of amides is 2. The van der Waals surface area contributed by atoms with E-state index in [1.807, 2.05) is 18.3 Å². The zero-order chi connectivity index (χ0) is 20.4. The third-order valence-electron chi connectivity index (χ3n) is 5.03. The molecule has 8 nitrogen and oxygen atoms in total. The molecule has 0 unspecified atom stereocenters. The summed E-state index contributed by atoms with van der Waals surface area (Å²) in [6, 6.07) is 7.04. The molecular weight excluding hydrogens is 438 g/mol. The Morgan fingerprint density at radius 2 is 2.00 bits per heavy atom. The lowest BCUT2D eigenvalue weighted by molar-refractivity contribution is 0.0876. The van der Waals surface area contributed by atoms with Crippen LogP contribution in [0.3, 0.4) is 0 Å². The van der Waals surface area contributed by atoms with Gasteiger partial charge in [0.15, 0.2) is 0 Å². The lowest BCUT2D eigenvalue weighted by Gasteiger charge is -2.29. The molecule has 2 amide bonds. The van der Waals surface area contributed by atoms with Gasteiger partial charge in [0.2, 0.25) is 5.88 Å². The molecule has 0 spiro atoms. The summed E-state index contributed by atoms with van der Waals surface area (Å²) >= 11 is 3.40. The van der Waals surface area contributed by atoms with Crippen molar-refractivity contribution in [2.45, 2.75) is 37.8 Å². The van der Waals surface area contributed by atoms with Gasteiger partial charge in [0.1, 0.15) is 23.0 Å². The summed E-state index contributed by atoms with van der Waals surface area (Å²) in [6.45, 7) is 0. The summed E-state index contributed by atoms with van der Waals surface area (Å²) in [7, 11) is 0. The topological polar surface area (TPSA) is 112 Å². The molecule has 1 fully saturated rings. The Bertz CT molecular complexity index is 1060. The highest BCUT2D eigenvalue weighted by Crippen LogP contribution is 2.25. The summed E-state index contributed by atoms with van der Waals surface area (Å²) < 4.78 is 8.57. The van der Waals surface area contributed by atoms with Crippen molar-refractivity contribution in [3.05, 3.63) is 58.6 Å². The number of carbonyl (C=O) groups is 2. The van der Waals surface area contributed by atoms with Crippen LogP contribution in [0.4, 0.5) is 0 Å². The third-order valence-corrected chi connectivity index (χ3v) is 5.53. The van der Waals surface area contributed by atoms with Crippen LogP contribution < -0.4 is 15.8 Å². The van der Waals surface area contributed by atoms with Gasteiger partial charge < -0.3 is 15.8 Å². The molecular formula is C20H20BrN5O3. The van der Waals surface area contributed by atoms with Crippen molar-refractivity contribution < 1.29 is 14.3 Å². The van der Waals surface area contributed by atoms with E-state index in [9.17, 15) is 9.59 Å². The molecule has 0 saturated heterocycles. The number of fused-ring (bicyclic) bond motifs is 1. The molecule has 1 aliphatic carbocycles. The normalized spacial score (nSPS) is 19.1. The second-order valence-electron chi connectivity index (χ2n) is 7.00. The summed E-state index contributed by atoms with van der Waals surface area (Å²) in [5.41, 5.74) is 6.87. The first-order valence-corrected chi connectivity index (χ1v) is 10.2. The zero-order valence-corrected chi connectivity index (χ0v) is 17.1. The number of nitrogens with two attached hydrogens (primary N) is 1. The summed E-state index contributed by atoms with van der Waals surface area (Å²) in [4.78, 5) is 32.6. The number of halogens is 1. The Labute approximate surface area is 175 Å². The SMILES string of the molecule is NC(=O)c1cccnc1OC1CCC(NC(=O)c2cnc3cc(Br)ccn23)CC1. The zero-order valence-electron chi connectivity index (χ0n) is 15.5. The predicted molar refractivity (Wildman–Crippen MR) is 110 cm³/mol. The molecule has 9 heteroatoms. The molecule has 29 heavy (non-hydrogen) atoms. The standard InChI is InChI=1S/C20H20BrN5O3/c21-12-7-9-26-16(11-24-17(26)10-12)19(28)25-13-3-5-14(6-4-13)29-20-15(18(22)27)2-1-8-23-20/h1-2,7-11,13-14H,3-6H2,(H2,22,27)(H,25,28). The van der Waals surface area contributed by atoms with E-state index in [-0.39, 0.29) is 29.5 Å². The van der Waals surface area contributed by atoms with E-state index in [4.69, 9.17) is 10.5 Å². The van der Waals surface area contributed by atoms with Crippen LogP contribution in [0.15, 0.2) is 47.3 Å². The highest BCUT2D eigenvalue weighted by Gasteiger charge is 2.26. The molecule has 4 rings (SSSR count). The number of carbonyl (C=O) groups excluding carboxylic acids is 2. The molecule has 3 aromatic heterocycles. The number of nitrogens with zero attached hydrogens (tertiary/aromatic N) is 3. The molecule has 0 atom stereocenters. The van der Waals surface area contributed by atoms with Crippen molar-refractivity contribution in [3.8, 4) is 5.88 Å². The lowest BCUT2D eigenvalue weighted by Crippen LogP contribution is -2.40. The largest absolute Gasteiger partial charge is 0.474 e. The van der Waals surface area contributed by atoms with Gasteiger partial charge in [-0.1, -0.05) is 15.9 Å².